The second-order valence-corrected chi connectivity index (χ2v) is 3.98. The minimum Gasteiger partial charge on any atom is -0.378 e. The van der Waals surface area contributed by atoms with Gasteiger partial charge < -0.3 is 15.0 Å². The summed E-state index contributed by atoms with van der Waals surface area (Å²) in [6.45, 7) is 1.37. The third-order valence-electron chi connectivity index (χ3n) is 2.67. The standard InChI is InChI=1S/C12H12F2N2O3/c13-8-1-2-10(9(14)7-8)15-11(17)12(18)16-3-5-19-6-4-16/h1-2,7H,3-6H2,(H,15,17). The van der Waals surface area contributed by atoms with Gasteiger partial charge in [0.2, 0.25) is 0 Å². The summed E-state index contributed by atoms with van der Waals surface area (Å²) in [5.41, 5.74) is -0.229. The molecule has 5 nitrogen and oxygen atoms in total. The van der Waals surface area contributed by atoms with Crippen LogP contribution in [0, 0.1) is 11.6 Å². The number of ether oxygens (including phenoxy) is 1. The van der Waals surface area contributed by atoms with Gasteiger partial charge in [0.15, 0.2) is 0 Å². The second-order valence-electron chi connectivity index (χ2n) is 3.98. The third-order valence-corrected chi connectivity index (χ3v) is 2.67. The predicted octanol–water partition coefficient (Wildman–Crippen LogP) is 0.762. The van der Waals surface area contributed by atoms with Crippen LogP contribution in [0.2, 0.25) is 0 Å². The van der Waals surface area contributed by atoms with E-state index in [0.29, 0.717) is 32.4 Å². The Bertz CT molecular complexity index is 502. The molecule has 0 spiro atoms. The van der Waals surface area contributed by atoms with Crippen LogP contribution in [0.25, 0.3) is 0 Å². The lowest BCUT2D eigenvalue weighted by Gasteiger charge is -2.26. The van der Waals surface area contributed by atoms with Gasteiger partial charge in [0.25, 0.3) is 0 Å². The number of nitrogens with one attached hydrogen (secondary N) is 1. The molecule has 1 aliphatic heterocycles. The largest absolute Gasteiger partial charge is 0.378 e. The molecule has 0 atom stereocenters. The summed E-state index contributed by atoms with van der Waals surface area (Å²) in [7, 11) is 0. The zero-order valence-electron chi connectivity index (χ0n) is 9.99. The predicted molar refractivity (Wildman–Crippen MR) is 62.4 cm³/mol. The molecule has 19 heavy (non-hydrogen) atoms. The third kappa shape index (κ3) is 3.25. The van der Waals surface area contributed by atoms with Gasteiger partial charge in [-0.15, -0.1) is 0 Å². The van der Waals surface area contributed by atoms with Crippen molar-refractivity contribution in [2.75, 3.05) is 31.6 Å². The minimum absolute atomic E-state index is 0.229. The molecule has 1 aliphatic rings. The lowest BCUT2D eigenvalue weighted by molar-refractivity contribution is -0.145. The number of morpholine rings is 1. The molecule has 2 rings (SSSR count). The fourth-order valence-electron chi connectivity index (χ4n) is 1.68. The monoisotopic (exact) mass is 270 g/mol. The number of halogens is 2. The maximum absolute atomic E-state index is 13.3. The van der Waals surface area contributed by atoms with Crippen molar-refractivity contribution >= 4 is 17.5 Å². The molecule has 0 aromatic heterocycles. The van der Waals surface area contributed by atoms with E-state index in [4.69, 9.17) is 4.74 Å². The van der Waals surface area contributed by atoms with E-state index in [1.807, 2.05) is 0 Å². The zero-order valence-corrected chi connectivity index (χ0v) is 9.99. The Morgan fingerprint density at radius 1 is 1.21 bits per heavy atom. The van der Waals surface area contributed by atoms with Crippen molar-refractivity contribution in [1.82, 2.24) is 4.90 Å². The first-order valence-corrected chi connectivity index (χ1v) is 5.71. The average Bonchev–Trinajstić information content (AvgIpc) is 2.42. The Morgan fingerprint density at radius 2 is 1.89 bits per heavy atom. The smallest absolute Gasteiger partial charge is 0.313 e. The van der Waals surface area contributed by atoms with E-state index in [2.05, 4.69) is 5.32 Å². The fourth-order valence-corrected chi connectivity index (χ4v) is 1.68. The van der Waals surface area contributed by atoms with Crippen molar-refractivity contribution in [2.45, 2.75) is 0 Å². The van der Waals surface area contributed by atoms with E-state index in [-0.39, 0.29) is 5.69 Å². The van der Waals surface area contributed by atoms with Gasteiger partial charge in [-0.1, -0.05) is 0 Å². The summed E-state index contributed by atoms with van der Waals surface area (Å²) < 4.78 is 31.1. The summed E-state index contributed by atoms with van der Waals surface area (Å²) in [4.78, 5) is 24.7. The van der Waals surface area contributed by atoms with Crippen LogP contribution >= 0.6 is 0 Å². The summed E-state index contributed by atoms with van der Waals surface area (Å²) in [6.07, 6.45) is 0. The van der Waals surface area contributed by atoms with Gasteiger partial charge in [-0.25, -0.2) is 8.78 Å². The molecule has 102 valence electrons. The summed E-state index contributed by atoms with van der Waals surface area (Å²) in [5.74, 6) is -3.39. The minimum atomic E-state index is -0.951. The number of carbonyl (C=O) groups excluding carboxylic acids is 2. The molecule has 1 aromatic rings. The van der Waals surface area contributed by atoms with Crippen molar-refractivity contribution in [3.63, 3.8) is 0 Å². The molecule has 1 saturated heterocycles. The quantitative estimate of drug-likeness (QED) is 0.767. The Balaban J connectivity index is 2.01. The van der Waals surface area contributed by atoms with E-state index in [0.717, 1.165) is 12.1 Å². The van der Waals surface area contributed by atoms with Crippen LogP contribution in [0.3, 0.4) is 0 Å². The first-order chi connectivity index (χ1) is 9.08. The van der Waals surface area contributed by atoms with Gasteiger partial charge >= 0.3 is 11.8 Å². The van der Waals surface area contributed by atoms with E-state index >= 15 is 0 Å². The molecule has 2 amide bonds. The zero-order chi connectivity index (χ0) is 13.8. The highest BCUT2D eigenvalue weighted by Gasteiger charge is 2.24. The maximum atomic E-state index is 13.3. The number of benzene rings is 1. The molecule has 0 unspecified atom stereocenters. The van der Waals surface area contributed by atoms with Gasteiger partial charge in [0.1, 0.15) is 11.6 Å². The number of carbonyl (C=O) groups is 2. The number of nitrogens with zero attached hydrogens (tertiary/aromatic N) is 1. The molecule has 1 fully saturated rings. The highest BCUT2D eigenvalue weighted by molar-refractivity contribution is 6.39. The Kier molecular flexibility index (Phi) is 4.06. The van der Waals surface area contributed by atoms with Crippen LogP contribution in [0.15, 0.2) is 18.2 Å². The Morgan fingerprint density at radius 3 is 2.53 bits per heavy atom. The second kappa shape index (κ2) is 5.75. The van der Waals surface area contributed by atoms with Crippen molar-refractivity contribution in [3.05, 3.63) is 29.8 Å². The van der Waals surface area contributed by atoms with Crippen LogP contribution in [0.4, 0.5) is 14.5 Å². The normalized spacial score (nSPS) is 15.2. The average molecular weight is 270 g/mol. The van der Waals surface area contributed by atoms with Crippen LogP contribution < -0.4 is 5.32 Å². The van der Waals surface area contributed by atoms with Gasteiger partial charge in [0, 0.05) is 19.2 Å². The molecule has 1 N–H and O–H groups in total. The fraction of sp³-hybridized carbons (Fsp3) is 0.333. The number of hydrogen-bond donors (Lipinski definition) is 1. The highest BCUT2D eigenvalue weighted by Crippen LogP contribution is 2.15. The van der Waals surface area contributed by atoms with E-state index < -0.39 is 23.4 Å². The molecule has 0 radical (unpaired) electrons. The molecule has 0 saturated carbocycles. The lowest BCUT2D eigenvalue weighted by Crippen LogP contribution is -2.45. The van der Waals surface area contributed by atoms with E-state index in [1.54, 1.807) is 0 Å². The van der Waals surface area contributed by atoms with Crippen LogP contribution in [0.1, 0.15) is 0 Å². The first-order valence-electron chi connectivity index (χ1n) is 5.71. The number of anilines is 1. The number of amides is 2. The molecular weight excluding hydrogens is 258 g/mol. The van der Waals surface area contributed by atoms with Crippen LogP contribution in [-0.4, -0.2) is 43.0 Å². The molecule has 7 heteroatoms. The number of hydrogen-bond acceptors (Lipinski definition) is 3. The summed E-state index contributed by atoms with van der Waals surface area (Å²) >= 11 is 0. The number of rotatable bonds is 1. The molecule has 0 aliphatic carbocycles. The molecule has 1 heterocycles. The van der Waals surface area contributed by atoms with Gasteiger partial charge in [0.05, 0.1) is 18.9 Å². The molecular formula is C12H12F2N2O3. The first kappa shape index (κ1) is 13.4. The Hall–Kier alpha value is -2.02. The SMILES string of the molecule is O=C(Nc1ccc(F)cc1F)C(=O)N1CCOCC1. The van der Waals surface area contributed by atoms with E-state index in [1.165, 1.54) is 4.90 Å². The van der Waals surface area contributed by atoms with Gasteiger partial charge in [-0.2, -0.15) is 0 Å². The van der Waals surface area contributed by atoms with Crippen LogP contribution in [0.5, 0.6) is 0 Å². The van der Waals surface area contributed by atoms with Gasteiger partial charge in [-0.05, 0) is 12.1 Å². The van der Waals surface area contributed by atoms with Crippen molar-refractivity contribution in [2.24, 2.45) is 0 Å². The topological polar surface area (TPSA) is 58.6 Å². The Labute approximate surface area is 108 Å². The summed E-state index contributed by atoms with van der Waals surface area (Å²) in [5, 5.41) is 2.12. The van der Waals surface area contributed by atoms with Crippen LogP contribution in [-0.2, 0) is 14.3 Å². The van der Waals surface area contributed by atoms with Crippen molar-refractivity contribution in [3.8, 4) is 0 Å². The molecule has 1 aromatic carbocycles. The highest BCUT2D eigenvalue weighted by atomic mass is 19.1. The van der Waals surface area contributed by atoms with Crippen molar-refractivity contribution < 1.29 is 23.1 Å². The van der Waals surface area contributed by atoms with Crippen molar-refractivity contribution in [1.29, 1.82) is 0 Å². The van der Waals surface area contributed by atoms with E-state index in [9.17, 15) is 18.4 Å². The summed E-state index contributed by atoms with van der Waals surface area (Å²) in [6, 6.07) is 2.70. The maximum Gasteiger partial charge on any atom is 0.313 e. The van der Waals surface area contributed by atoms with Gasteiger partial charge in [-0.3, -0.25) is 9.59 Å². The molecule has 0 bridgehead atoms. The lowest BCUT2D eigenvalue weighted by atomic mass is 10.3.